The van der Waals surface area contributed by atoms with E-state index >= 15 is 0 Å². The molecule has 90 valence electrons. The number of hydrogen-bond donors (Lipinski definition) is 0. The van der Waals surface area contributed by atoms with Gasteiger partial charge in [0.25, 0.3) is 0 Å². The number of ether oxygens (including phenoxy) is 1. The van der Waals surface area contributed by atoms with Crippen molar-refractivity contribution in [3.8, 4) is 11.8 Å². The molecule has 1 amide bonds. The number of anilines is 1. The number of rotatable bonds is 3. The molecule has 0 aliphatic rings. The minimum absolute atomic E-state index is 0.287. The monoisotopic (exact) mass is 232 g/mol. The SMILES string of the molecule is COc1ccc(N(C)C(=O)C#N)cc1C(C)C. The molecule has 1 aromatic carbocycles. The standard InChI is InChI=1S/C13H16N2O2/c1-9(2)11-7-10(5-6-12(11)17-4)15(3)13(16)8-14/h5-7,9H,1-4H3. The van der Waals surface area contributed by atoms with Crippen molar-refractivity contribution < 1.29 is 9.53 Å². The van der Waals surface area contributed by atoms with Crippen molar-refractivity contribution in [2.45, 2.75) is 19.8 Å². The van der Waals surface area contributed by atoms with Gasteiger partial charge in [-0.15, -0.1) is 0 Å². The molecule has 0 aliphatic carbocycles. The number of carbonyl (C=O) groups is 1. The Kier molecular flexibility index (Phi) is 4.11. The van der Waals surface area contributed by atoms with Crippen LogP contribution in [-0.4, -0.2) is 20.1 Å². The van der Waals surface area contributed by atoms with Gasteiger partial charge < -0.3 is 9.64 Å². The van der Waals surface area contributed by atoms with Crippen molar-refractivity contribution in [2.75, 3.05) is 19.1 Å². The van der Waals surface area contributed by atoms with Crippen LogP contribution in [0.5, 0.6) is 5.75 Å². The second-order valence-corrected chi connectivity index (χ2v) is 4.06. The zero-order valence-electron chi connectivity index (χ0n) is 10.5. The van der Waals surface area contributed by atoms with Crippen LogP contribution in [0.1, 0.15) is 25.3 Å². The van der Waals surface area contributed by atoms with E-state index in [1.54, 1.807) is 26.3 Å². The molecule has 0 N–H and O–H groups in total. The molecule has 0 saturated heterocycles. The smallest absolute Gasteiger partial charge is 0.329 e. The minimum atomic E-state index is -0.579. The number of hydrogen-bond acceptors (Lipinski definition) is 3. The van der Waals surface area contributed by atoms with Crippen molar-refractivity contribution in [3.63, 3.8) is 0 Å². The number of nitriles is 1. The molecule has 0 unspecified atom stereocenters. The maximum atomic E-state index is 11.3. The summed E-state index contributed by atoms with van der Waals surface area (Å²) in [5, 5.41) is 8.58. The summed E-state index contributed by atoms with van der Waals surface area (Å²) in [6, 6.07) is 7.05. The summed E-state index contributed by atoms with van der Waals surface area (Å²) in [5.74, 6) is 0.502. The normalized spacial score (nSPS) is 9.88. The van der Waals surface area contributed by atoms with E-state index < -0.39 is 5.91 Å². The van der Waals surface area contributed by atoms with Gasteiger partial charge in [-0.05, 0) is 29.7 Å². The largest absolute Gasteiger partial charge is 0.496 e. The lowest BCUT2D eigenvalue weighted by atomic mass is 10.0. The first-order valence-corrected chi connectivity index (χ1v) is 5.37. The summed E-state index contributed by atoms with van der Waals surface area (Å²) in [6.07, 6.45) is 0. The van der Waals surface area contributed by atoms with Gasteiger partial charge in [-0.25, -0.2) is 0 Å². The Morgan fingerprint density at radius 1 is 1.47 bits per heavy atom. The van der Waals surface area contributed by atoms with Gasteiger partial charge in [0.15, 0.2) is 6.07 Å². The van der Waals surface area contributed by atoms with E-state index in [1.165, 1.54) is 4.90 Å². The van der Waals surface area contributed by atoms with Crippen LogP contribution in [0.15, 0.2) is 18.2 Å². The summed E-state index contributed by atoms with van der Waals surface area (Å²) >= 11 is 0. The van der Waals surface area contributed by atoms with E-state index in [-0.39, 0.29) is 5.92 Å². The second-order valence-electron chi connectivity index (χ2n) is 4.06. The zero-order valence-corrected chi connectivity index (χ0v) is 10.5. The van der Waals surface area contributed by atoms with Crippen LogP contribution < -0.4 is 9.64 Å². The van der Waals surface area contributed by atoms with Gasteiger partial charge in [-0.1, -0.05) is 13.8 Å². The predicted molar refractivity (Wildman–Crippen MR) is 66.1 cm³/mol. The molecule has 0 aromatic heterocycles. The van der Waals surface area contributed by atoms with Gasteiger partial charge in [0.05, 0.1) is 7.11 Å². The fourth-order valence-electron chi connectivity index (χ4n) is 1.57. The minimum Gasteiger partial charge on any atom is -0.496 e. The van der Waals surface area contributed by atoms with E-state index in [0.717, 1.165) is 11.3 Å². The van der Waals surface area contributed by atoms with Crippen LogP contribution in [0.25, 0.3) is 0 Å². The van der Waals surface area contributed by atoms with E-state index in [9.17, 15) is 4.79 Å². The maximum Gasteiger partial charge on any atom is 0.329 e. The molecule has 0 bridgehead atoms. The summed E-state index contributed by atoms with van der Waals surface area (Å²) in [5.41, 5.74) is 1.71. The second kappa shape index (κ2) is 5.35. The van der Waals surface area contributed by atoms with Crippen molar-refractivity contribution in [3.05, 3.63) is 23.8 Å². The van der Waals surface area contributed by atoms with Gasteiger partial charge in [0.1, 0.15) is 5.75 Å². The van der Waals surface area contributed by atoms with Crippen LogP contribution in [0, 0.1) is 11.3 Å². The summed E-state index contributed by atoms with van der Waals surface area (Å²) in [4.78, 5) is 12.6. The molecule has 0 saturated carbocycles. The molecule has 4 heteroatoms. The first-order chi connectivity index (χ1) is 8.01. The van der Waals surface area contributed by atoms with Gasteiger partial charge in [0.2, 0.25) is 0 Å². The molecule has 0 heterocycles. The molecule has 0 atom stereocenters. The van der Waals surface area contributed by atoms with Crippen molar-refractivity contribution in [1.29, 1.82) is 5.26 Å². The Labute approximate surface area is 101 Å². The summed E-state index contributed by atoms with van der Waals surface area (Å²) < 4.78 is 5.26. The van der Waals surface area contributed by atoms with Gasteiger partial charge >= 0.3 is 5.91 Å². The number of amides is 1. The van der Waals surface area contributed by atoms with Crippen molar-refractivity contribution in [2.24, 2.45) is 0 Å². The number of nitrogens with zero attached hydrogens (tertiary/aromatic N) is 2. The lowest BCUT2D eigenvalue weighted by Crippen LogP contribution is -2.24. The van der Waals surface area contributed by atoms with Gasteiger partial charge in [-0.3, -0.25) is 4.79 Å². The molecule has 0 spiro atoms. The highest BCUT2D eigenvalue weighted by molar-refractivity contribution is 6.03. The Morgan fingerprint density at radius 3 is 2.59 bits per heavy atom. The highest BCUT2D eigenvalue weighted by atomic mass is 16.5. The van der Waals surface area contributed by atoms with Crippen LogP contribution in [0.4, 0.5) is 5.69 Å². The first-order valence-electron chi connectivity index (χ1n) is 5.37. The third-order valence-electron chi connectivity index (χ3n) is 2.62. The molecule has 0 radical (unpaired) electrons. The number of benzene rings is 1. The van der Waals surface area contributed by atoms with Crippen molar-refractivity contribution in [1.82, 2.24) is 0 Å². The molecule has 4 nitrogen and oxygen atoms in total. The van der Waals surface area contributed by atoms with Gasteiger partial charge in [-0.2, -0.15) is 5.26 Å². The van der Waals surface area contributed by atoms with Crippen LogP contribution in [0.3, 0.4) is 0 Å². The zero-order chi connectivity index (χ0) is 13.0. The average molecular weight is 232 g/mol. The van der Waals surface area contributed by atoms with Crippen LogP contribution >= 0.6 is 0 Å². The van der Waals surface area contributed by atoms with E-state index in [2.05, 4.69) is 0 Å². The number of carbonyl (C=O) groups excluding carboxylic acids is 1. The summed E-state index contributed by atoms with van der Waals surface area (Å²) in [7, 11) is 3.20. The third-order valence-corrected chi connectivity index (χ3v) is 2.62. The molecular formula is C13H16N2O2. The van der Waals surface area contributed by atoms with E-state index in [4.69, 9.17) is 10.00 Å². The van der Waals surface area contributed by atoms with Gasteiger partial charge in [0, 0.05) is 12.7 Å². The predicted octanol–water partition coefficient (Wildman–Crippen LogP) is 2.30. The van der Waals surface area contributed by atoms with E-state index in [0.29, 0.717) is 5.69 Å². The molecular weight excluding hydrogens is 216 g/mol. The Hall–Kier alpha value is -2.02. The maximum absolute atomic E-state index is 11.3. The highest BCUT2D eigenvalue weighted by Gasteiger charge is 2.13. The topological polar surface area (TPSA) is 53.3 Å². The van der Waals surface area contributed by atoms with Crippen LogP contribution in [0.2, 0.25) is 0 Å². The fourth-order valence-corrected chi connectivity index (χ4v) is 1.57. The number of methoxy groups -OCH3 is 1. The average Bonchev–Trinajstić information content (AvgIpc) is 2.35. The van der Waals surface area contributed by atoms with Crippen molar-refractivity contribution >= 4 is 11.6 Å². The van der Waals surface area contributed by atoms with E-state index in [1.807, 2.05) is 26.0 Å². The molecule has 1 aromatic rings. The Bertz CT molecular complexity index is 461. The Balaban J connectivity index is 3.17. The highest BCUT2D eigenvalue weighted by Crippen LogP contribution is 2.30. The molecule has 0 aliphatic heterocycles. The van der Waals surface area contributed by atoms with Crippen LogP contribution in [-0.2, 0) is 4.79 Å². The first kappa shape index (κ1) is 13.0. The Morgan fingerprint density at radius 2 is 2.12 bits per heavy atom. The quantitative estimate of drug-likeness (QED) is 0.751. The molecule has 17 heavy (non-hydrogen) atoms. The fraction of sp³-hybridized carbons (Fsp3) is 0.385. The molecule has 0 fully saturated rings. The lowest BCUT2D eigenvalue weighted by Gasteiger charge is -2.18. The lowest BCUT2D eigenvalue weighted by molar-refractivity contribution is -0.113. The summed E-state index contributed by atoms with van der Waals surface area (Å²) in [6.45, 7) is 4.10. The third kappa shape index (κ3) is 2.76. The molecule has 1 rings (SSSR count).